The van der Waals surface area contributed by atoms with Crippen molar-refractivity contribution < 1.29 is 9.21 Å². The van der Waals surface area contributed by atoms with Gasteiger partial charge in [0.05, 0.1) is 17.3 Å². The number of furan rings is 1. The van der Waals surface area contributed by atoms with E-state index in [0.717, 1.165) is 34.2 Å². The van der Waals surface area contributed by atoms with Crippen LogP contribution in [0.15, 0.2) is 34.9 Å². The van der Waals surface area contributed by atoms with Crippen molar-refractivity contribution in [1.29, 1.82) is 0 Å². The van der Waals surface area contributed by atoms with Crippen LogP contribution in [0.25, 0.3) is 0 Å². The molecule has 0 radical (unpaired) electrons. The first-order valence-corrected chi connectivity index (χ1v) is 7.93. The molecule has 1 unspecified atom stereocenters. The molecule has 0 spiro atoms. The van der Waals surface area contributed by atoms with Gasteiger partial charge in [-0.3, -0.25) is 4.79 Å². The molecule has 0 saturated heterocycles. The highest BCUT2D eigenvalue weighted by Crippen LogP contribution is 2.30. The van der Waals surface area contributed by atoms with E-state index in [1.807, 2.05) is 12.1 Å². The molecule has 1 heterocycles. The molecule has 0 aliphatic heterocycles. The molecule has 1 amide bonds. The van der Waals surface area contributed by atoms with Crippen molar-refractivity contribution in [2.75, 3.05) is 0 Å². The van der Waals surface area contributed by atoms with E-state index in [0.29, 0.717) is 10.6 Å². The van der Waals surface area contributed by atoms with Crippen molar-refractivity contribution in [3.8, 4) is 0 Å². The monoisotopic (exact) mass is 401 g/mol. The molecule has 1 aliphatic carbocycles. The number of fused-ring (bicyclic) bond motifs is 1. The van der Waals surface area contributed by atoms with Gasteiger partial charge in [-0.15, -0.1) is 0 Å². The summed E-state index contributed by atoms with van der Waals surface area (Å²) in [6.45, 7) is 0. The molecular weight excluding hydrogens is 389 g/mol. The van der Waals surface area contributed by atoms with Gasteiger partial charge in [0, 0.05) is 21.1 Å². The minimum absolute atomic E-state index is 0.0306. The summed E-state index contributed by atoms with van der Waals surface area (Å²) >= 11 is 8.20. The quantitative estimate of drug-likeness (QED) is 0.761. The number of halogens is 2. The topological polar surface area (TPSA) is 42.2 Å². The molecule has 2 aromatic rings. The Labute approximate surface area is 135 Å². The summed E-state index contributed by atoms with van der Waals surface area (Å²) in [6, 6.07) is 7.32. The van der Waals surface area contributed by atoms with Crippen LogP contribution in [0.5, 0.6) is 0 Å². The zero-order valence-corrected chi connectivity index (χ0v) is 13.6. The lowest BCUT2D eigenvalue weighted by atomic mass is 9.93. The predicted octanol–water partition coefficient (Wildman–Crippen LogP) is 4.35. The third-order valence-electron chi connectivity index (χ3n) is 3.54. The van der Waals surface area contributed by atoms with Gasteiger partial charge in [0.2, 0.25) is 0 Å². The summed E-state index contributed by atoms with van der Waals surface area (Å²) in [5, 5.41) is 3.67. The largest absolute Gasteiger partial charge is 0.469 e. The van der Waals surface area contributed by atoms with Crippen molar-refractivity contribution in [2.45, 2.75) is 25.3 Å². The number of hydrogen-bond donors (Lipinski definition) is 1. The van der Waals surface area contributed by atoms with E-state index in [1.165, 1.54) is 0 Å². The van der Waals surface area contributed by atoms with E-state index in [-0.39, 0.29) is 11.9 Å². The van der Waals surface area contributed by atoms with Crippen LogP contribution in [0.4, 0.5) is 0 Å². The van der Waals surface area contributed by atoms with E-state index in [2.05, 4.69) is 27.9 Å². The minimum atomic E-state index is -0.0950. The summed E-state index contributed by atoms with van der Waals surface area (Å²) in [5.41, 5.74) is 1.69. The molecule has 1 N–H and O–H groups in total. The van der Waals surface area contributed by atoms with Crippen LogP contribution in [0.1, 0.15) is 40.6 Å². The van der Waals surface area contributed by atoms with Crippen LogP contribution in [-0.2, 0) is 6.42 Å². The average molecular weight is 402 g/mol. The lowest BCUT2D eigenvalue weighted by Gasteiger charge is -2.22. The highest BCUT2D eigenvalue weighted by atomic mass is 127. The zero-order valence-electron chi connectivity index (χ0n) is 10.7. The first-order valence-electron chi connectivity index (χ1n) is 6.47. The van der Waals surface area contributed by atoms with Crippen molar-refractivity contribution in [2.24, 2.45) is 0 Å². The highest BCUT2D eigenvalue weighted by Gasteiger charge is 2.24. The molecule has 1 aromatic carbocycles. The Balaban J connectivity index is 1.79. The second-order valence-electron chi connectivity index (χ2n) is 4.85. The molecule has 0 bridgehead atoms. The molecule has 0 saturated carbocycles. The smallest absolute Gasteiger partial charge is 0.251 e. The Kier molecular flexibility index (Phi) is 4.03. The Morgan fingerprint density at radius 2 is 2.25 bits per heavy atom. The maximum atomic E-state index is 12.3. The lowest BCUT2D eigenvalue weighted by molar-refractivity contribution is 0.0932. The predicted molar refractivity (Wildman–Crippen MR) is 86.0 cm³/mol. The van der Waals surface area contributed by atoms with E-state index in [1.54, 1.807) is 18.4 Å². The number of amides is 1. The third-order valence-corrected chi connectivity index (χ3v) is 5.11. The summed E-state index contributed by atoms with van der Waals surface area (Å²) in [7, 11) is 0. The van der Waals surface area contributed by atoms with Gasteiger partial charge in [0.25, 0.3) is 5.91 Å². The molecule has 3 rings (SSSR count). The van der Waals surface area contributed by atoms with Crippen LogP contribution in [-0.4, -0.2) is 5.91 Å². The number of aryl methyl sites for hydroxylation is 1. The first kappa shape index (κ1) is 13.9. The van der Waals surface area contributed by atoms with E-state index >= 15 is 0 Å². The summed E-state index contributed by atoms with van der Waals surface area (Å²) in [6.07, 6.45) is 4.61. The van der Waals surface area contributed by atoms with Crippen molar-refractivity contribution >= 4 is 40.1 Å². The Morgan fingerprint density at radius 3 is 3.05 bits per heavy atom. The fourth-order valence-electron chi connectivity index (χ4n) is 2.52. The molecule has 20 heavy (non-hydrogen) atoms. The van der Waals surface area contributed by atoms with Crippen molar-refractivity contribution in [3.63, 3.8) is 0 Å². The van der Waals surface area contributed by atoms with Gasteiger partial charge < -0.3 is 9.73 Å². The lowest BCUT2D eigenvalue weighted by Crippen LogP contribution is -2.30. The Morgan fingerprint density at radius 1 is 1.40 bits per heavy atom. The summed E-state index contributed by atoms with van der Waals surface area (Å²) < 4.78 is 6.38. The van der Waals surface area contributed by atoms with Gasteiger partial charge in [-0.1, -0.05) is 11.6 Å². The number of carbonyl (C=O) groups is 1. The van der Waals surface area contributed by atoms with Crippen molar-refractivity contribution in [3.05, 3.63) is 56.0 Å². The molecule has 104 valence electrons. The maximum absolute atomic E-state index is 12.3. The van der Waals surface area contributed by atoms with Gasteiger partial charge in [-0.25, -0.2) is 0 Å². The van der Waals surface area contributed by atoms with Crippen LogP contribution in [0.3, 0.4) is 0 Å². The average Bonchev–Trinajstić information content (AvgIpc) is 2.91. The SMILES string of the molecule is O=C(NC1CCCc2occc21)c1ccc(I)c(Cl)c1. The van der Waals surface area contributed by atoms with E-state index in [4.69, 9.17) is 16.0 Å². The highest BCUT2D eigenvalue weighted by molar-refractivity contribution is 14.1. The number of benzene rings is 1. The summed E-state index contributed by atoms with van der Waals surface area (Å²) in [5.74, 6) is 0.893. The normalized spacial score (nSPS) is 17.6. The standard InChI is InChI=1S/C15H13ClINO2/c16-11-8-9(4-5-12(11)17)15(19)18-13-2-1-3-14-10(13)6-7-20-14/h4-8,13H,1-3H2,(H,18,19). The summed E-state index contributed by atoms with van der Waals surface area (Å²) in [4.78, 5) is 12.3. The molecule has 1 aromatic heterocycles. The molecular formula is C15H13ClINO2. The molecule has 3 nitrogen and oxygen atoms in total. The molecule has 1 atom stereocenters. The number of carbonyl (C=O) groups excluding carboxylic acids is 1. The molecule has 5 heteroatoms. The zero-order chi connectivity index (χ0) is 14.1. The van der Waals surface area contributed by atoms with Gasteiger partial charge in [-0.2, -0.15) is 0 Å². The number of rotatable bonds is 2. The number of hydrogen-bond acceptors (Lipinski definition) is 2. The van der Waals surface area contributed by atoms with Crippen LogP contribution >= 0.6 is 34.2 Å². The molecule has 0 fully saturated rings. The molecule has 1 aliphatic rings. The second-order valence-corrected chi connectivity index (χ2v) is 6.42. The Hall–Kier alpha value is -1.01. The van der Waals surface area contributed by atoms with Gasteiger partial charge in [-0.05, 0) is 59.7 Å². The van der Waals surface area contributed by atoms with Crippen LogP contribution in [0.2, 0.25) is 5.02 Å². The van der Waals surface area contributed by atoms with Crippen molar-refractivity contribution in [1.82, 2.24) is 5.32 Å². The van der Waals surface area contributed by atoms with Crippen LogP contribution in [0, 0.1) is 3.57 Å². The van der Waals surface area contributed by atoms with Gasteiger partial charge in [0.1, 0.15) is 5.76 Å². The maximum Gasteiger partial charge on any atom is 0.251 e. The van der Waals surface area contributed by atoms with Crippen LogP contribution < -0.4 is 5.32 Å². The van der Waals surface area contributed by atoms with E-state index in [9.17, 15) is 4.79 Å². The fraction of sp³-hybridized carbons (Fsp3) is 0.267. The minimum Gasteiger partial charge on any atom is -0.469 e. The first-order chi connectivity index (χ1) is 9.65. The third kappa shape index (κ3) is 2.72. The van der Waals surface area contributed by atoms with Gasteiger partial charge >= 0.3 is 0 Å². The fourth-order valence-corrected chi connectivity index (χ4v) is 3.03. The second kappa shape index (κ2) is 5.77. The van der Waals surface area contributed by atoms with Gasteiger partial charge in [0.15, 0.2) is 0 Å². The number of nitrogens with one attached hydrogen (secondary N) is 1. The Bertz CT molecular complexity index is 653. The van der Waals surface area contributed by atoms with E-state index < -0.39 is 0 Å².